The SMILES string of the molecule is Fc1cc(Cl)c2[nH]c3c(c2c1)CCCC3O[SiH2]C(F)(F)F. The summed E-state index contributed by atoms with van der Waals surface area (Å²) >= 11 is 6.00. The maximum Gasteiger partial charge on any atom is 0.382 e. The lowest BCUT2D eigenvalue weighted by Gasteiger charge is -2.23. The smallest absolute Gasteiger partial charge is 0.382 e. The van der Waals surface area contributed by atoms with Crippen molar-refractivity contribution in [2.24, 2.45) is 0 Å². The van der Waals surface area contributed by atoms with Gasteiger partial charge in [0.2, 0.25) is 0 Å². The highest BCUT2D eigenvalue weighted by atomic mass is 35.5. The monoisotopic (exact) mass is 337 g/mol. The van der Waals surface area contributed by atoms with E-state index >= 15 is 0 Å². The molecule has 1 atom stereocenters. The quantitative estimate of drug-likeness (QED) is 0.651. The minimum Gasteiger partial charge on any atom is -0.405 e. The van der Waals surface area contributed by atoms with Gasteiger partial charge >= 0.3 is 5.80 Å². The van der Waals surface area contributed by atoms with E-state index in [0.717, 1.165) is 5.56 Å². The van der Waals surface area contributed by atoms with Crippen molar-refractivity contribution in [3.63, 3.8) is 0 Å². The first kappa shape index (κ1) is 14.9. The van der Waals surface area contributed by atoms with E-state index in [-0.39, 0.29) is 5.02 Å². The third-order valence-corrected chi connectivity index (χ3v) is 4.82. The molecule has 3 rings (SSSR count). The number of fused-ring (bicyclic) bond motifs is 3. The van der Waals surface area contributed by atoms with Crippen LogP contribution in [0.5, 0.6) is 0 Å². The fourth-order valence-electron chi connectivity index (χ4n) is 2.81. The predicted molar refractivity (Wildman–Crippen MR) is 74.6 cm³/mol. The normalized spacial score (nSPS) is 19.6. The first-order valence-corrected chi connectivity index (χ1v) is 8.19. The number of rotatable bonds is 2. The Morgan fingerprint density at radius 1 is 1.33 bits per heavy atom. The standard InChI is InChI=1S/C13H12ClF4NOSi/c14-9-5-6(15)4-8-7-2-1-3-10(12(7)19-11(8)9)20-21-13(16,17)18/h4-5,10,19H,1-3,21H2. The molecular weight excluding hydrogens is 326 g/mol. The summed E-state index contributed by atoms with van der Waals surface area (Å²) in [5.41, 5.74) is 1.99. The second kappa shape index (κ2) is 5.30. The molecule has 0 amide bonds. The van der Waals surface area contributed by atoms with Gasteiger partial charge in [-0.2, -0.15) is 13.2 Å². The molecule has 2 nitrogen and oxygen atoms in total. The molecule has 0 spiro atoms. The summed E-state index contributed by atoms with van der Waals surface area (Å²) in [6.45, 7) is 0. The van der Waals surface area contributed by atoms with Crippen LogP contribution in [0.3, 0.4) is 0 Å². The Labute approximate surface area is 125 Å². The number of aromatic nitrogens is 1. The van der Waals surface area contributed by atoms with Crippen molar-refractivity contribution in [1.82, 2.24) is 4.98 Å². The van der Waals surface area contributed by atoms with Crippen LogP contribution < -0.4 is 0 Å². The molecule has 0 bridgehead atoms. The van der Waals surface area contributed by atoms with E-state index in [1.54, 1.807) is 0 Å². The van der Waals surface area contributed by atoms with Gasteiger partial charge in [-0.1, -0.05) is 11.6 Å². The van der Waals surface area contributed by atoms with Gasteiger partial charge in [-0.05, 0) is 37.0 Å². The zero-order valence-electron chi connectivity index (χ0n) is 10.9. The Balaban J connectivity index is 2.00. The minimum absolute atomic E-state index is 0.228. The molecule has 0 aliphatic heterocycles. The molecule has 2 aromatic rings. The third kappa shape index (κ3) is 2.95. The van der Waals surface area contributed by atoms with Crippen LogP contribution in [-0.4, -0.2) is 20.5 Å². The number of hydrogen-bond acceptors (Lipinski definition) is 1. The summed E-state index contributed by atoms with van der Waals surface area (Å²) in [5.74, 6) is -4.69. The number of halogens is 5. The Morgan fingerprint density at radius 3 is 2.81 bits per heavy atom. The summed E-state index contributed by atoms with van der Waals surface area (Å²) < 4.78 is 55.7. The topological polar surface area (TPSA) is 25.0 Å². The van der Waals surface area contributed by atoms with Crippen molar-refractivity contribution >= 4 is 32.3 Å². The van der Waals surface area contributed by atoms with Gasteiger partial charge < -0.3 is 9.41 Å². The van der Waals surface area contributed by atoms with Crippen LogP contribution in [0.2, 0.25) is 5.02 Å². The second-order valence-electron chi connectivity index (χ2n) is 5.13. The van der Waals surface area contributed by atoms with Crippen LogP contribution in [0.15, 0.2) is 12.1 Å². The van der Waals surface area contributed by atoms with Gasteiger partial charge in [0.25, 0.3) is 9.76 Å². The average Bonchev–Trinajstić information content (AvgIpc) is 2.75. The van der Waals surface area contributed by atoms with Crippen LogP contribution in [0.1, 0.15) is 30.2 Å². The summed E-state index contributed by atoms with van der Waals surface area (Å²) in [6, 6.07) is 2.55. The zero-order chi connectivity index (χ0) is 15.2. The van der Waals surface area contributed by atoms with Crippen LogP contribution in [0.4, 0.5) is 17.6 Å². The van der Waals surface area contributed by atoms with Crippen molar-refractivity contribution in [1.29, 1.82) is 0 Å². The van der Waals surface area contributed by atoms with E-state index in [2.05, 4.69) is 4.98 Å². The fraction of sp³-hybridized carbons (Fsp3) is 0.385. The Morgan fingerprint density at radius 2 is 2.10 bits per heavy atom. The van der Waals surface area contributed by atoms with E-state index in [4.69, 9.17) is 16.0 Å². The molecule has 1 heterocycles. The molecule has 0 saturated heterocycles. The lowest BCUT2D eigenvalue weighted by Crippen LogP contribution is -2.25. The third-order valence-electron chi connectivity index (χ3n) is 3.63. The number of nitrogens with one attached hydrogen (secondary N) is 1. The van der Waals surface area contributed by atoms with Gasteiger partial charge in [-0.25, -0.2) is 4.39 Å². The largest absolute Gasteiger partial charge is 0.405 e. The molecule has 1 aromatic heterocycles. The van der Waals surface area contributed by atoms with E-state index in [1.807, 2.05) is 0 Å². The number of H-pyrrole nitrogens is 1. The molecule has 8 heteroatoms. The lowest BCUT2D eigenvalue weighted by molar-refractivity contribution is -0.0642. The van der Waals surface area contributed by atoms with Crippen LogP contribution >= 0.6 is 11.6 Å². The molecule has 0 fully saturated rings. The van der Waals surface area contributed by atoms with Crippen LogP contribution in [0, 0.1) is 5.82 Å². The van der Waals surface area contributed by atoms with Gasteiger partial charge in [0.15, 0.2) is 0 Å². The minimum atomic E-state index is -4.23. The molecule has 21 heavy (non-hydrogen) atoms. The highest BCUT2D eigenvalue weighted by molar-refractivity contribution is 6.35. The van der Waals surface area contributed by atoms with Crippen LogP contribution in [-0.2, 0) is 10.8 Å². The zero-order valence-corrected chi connectivity index (χ0v) is 13.0. The second-order valence-corrected chi connectivity index (χ2v) is 6.97. The number of alkyl halides is 3. The molecule has 1 unspecified atom stereocenters. The summed E-state index contributed by atoms with van der Waals surface area (Å²) in [6.07, 6.45) is 1.32. The van der Waals surface area contributed by atoms with E-state index < -0.39 is 27.5 Å². The predicted octanol–water partition coefficient (Wildman–Crippen LogP) is 3.96. The number of aryl methyl sites for hydroxylation is 1. The van der Waals surface area contributed by atoms with Crippen LogP contribution in [0.25, 0.3) is 10.9 Å². The molecule has 0 radical (unpaired) electrons. The van der Waals surface area contributed by atoms with Gasteiger partial charge in [0.05, 0.1) is 16.6 Å². The number of benzene rings is 1. The molecule has 1 aliphatic carbocycles. The van der Waals surface area contributed by atoms with Gasteiger partial charge in [-0.15, -0.1) is 0 Å². The van der Waals surface area contributed by atoms with E-state index in [1.165, 1.54) is 12.1 Å². The van der Waals surface area contributed by atoms with Gasteiger partial charge in [-0.3, -0.25) is 0 Å². The first-order chi connectivity index (χ1) is 9.85. The summed E-state index contributed by atoms with van der Waals surface area (Å²) in [7, 11) is -2.62. The summed E-state index contributed by atoms with van der Waals surface area (Å²) in [5, 5.41) is 0.864. The highest BCUT2D eigenvalue weighted by Crippen LogP contribution is 2.39. The van der Waals surface area contributed by atoms with Crippen molar-refractivity contribution in [3.05, 3.63) is 34.2 Å². The van der Waals surface area contributed by atoms with E-state index in [9.17, 15) is 17.6 Å². The maximum atomic E-state index is 13.5. The Hall–Kier alpha value is -1.05. The number of hydrogen-bond donors (Lipinski definition) is 1. The molecule has 1 aromatic carbocycles. The molecule has 114 valence electrons. The summed E-state index contributed by atoms with van der Waals surface area (Å²) in [4.78, 5) is 3.03. The average molecular weight is 338 g/mol. The van der Waals surface area contributed by atoms with Crippen molar-refractivity contribution < 1.29 is 22.0 Å². The Kier molecular flexibility index (Phi) is 3.75. The number of aromatic amines is 1. The molecule has 1 aliphatic rings. The lowest BCUT2D eigenvalue weighted by atomic mass is 9.93. The maximum absolute atomic E-state index is 13.5. The van der Waals surface area contributed by atoms with Gasteiger partial charge in [0, 0.05) is 11.1 Å². The first-order valence-electron chi connectivity index (χ1n) is 6.53. The molecule has 1 N–H and O–H groups in total. The highest BCUT2D eigenvalue weighted by Gasteiger charge is 2.33. The van der Waals surface area contributed by atoms with Crippen molar-refractivity contribution in [2.75, 3.05) is 0 Å². The Bertz CT molecular complexity index is 685. The van der Waals surface area contributed by atoms with Crippen molar-refractivity contribution in [2.45, 2.75) is 31.2 Å². The van der Waals surface area contributed by atoms with E-state index in [0.29, 0.717) is 35.9 Å². The molecular formula is C13H12ClF4NOSi. The fourth-order valence-corrected chi connectivity index (χ4v) is 3.79. The van der Waals surface area contributed by atoms with Crippen molar-refractivity contribution in [3.8, 4) is 0 Å². The molecule has 0 saturated carbocycles. The van der Waals surface area contributed by atoms with Gasteiger partial charge in [0.1, 0.15) is 5.82 Å².